The lowest BCUT2D eigenvalue weighted by atomic mass is 10.1. The Labute approximate surface area is 102 Å². The number of hydrogen-bond acceptors (Lipinski definition) is 3. The summed E-state index contributed by atoms with van der Waals surface area (Å²) in [6.07, 6.45) is 1.73. The Hall–Kier alpha value is -1.90. The van der Waals surface area contributed by atoms with Gasteiger partial charge in [-0.3, -0.25) is 0 Å². The van der Waals surface area contributed by atoms with Crippen LogP contribution in [-0.2, 0) is 6.54 Å². The molecule has 17 heavy (non-hydrogen) atoms. The van der Waals surface area contributed by atoms with Gasteiger partial charge in [-0.15, -0.1) is 0 Å². The second-order valence-electron chi connectivity index (χ2n) is 4.35. The topological polar surface area (TPSA) is 42.4 Å². The van der Waals surface area contributed by atoms with Gasteiger partial charge >= 0.3 is 0 Å². The molecule has 0 aliphatic heterocycles. The molecule has 0 unspecified atom stereocenters. The van der Waals surface area contributed by atoms with E-state index in [2.05, 4.69) is 18.0 Å². The number of anilines is 2. The van der Waals surface area contributed by atoms with Crippen LogP contribution in [0.3, 0.4) is 0 Å². The zero-order chi connectivity index (χ0) is 12.4. The summed E-state index contributed by atoms with van der Waals surface area (Å²) in [6.45, 7) is 4.85. The molecule has 0 saturated heterocycles. The molecule has 0 spiro atoms. The molecule has 0 atom stereocenters. The Morgan fingerprint density at radius 3 is 2.65 bits per heavy atom. The third-order valence-electron chi connectivity index (χ3n) is 3.13. The minimum absolute atomic E-state index is 0.826. The van der Waals surface area contributed by atoms with Crippen molar-refractivity contribution < 1.29 is 4.42 Å². The van der Waals surface area contributed by atoms with Gasteiger partial charge in [-0.25, -0.2) is 0 Å². The molecular formula is C14H18N2O. The Balaban J connectivity index is 2.23. The van der Waals surface area contributed by atoms with Crippen molar-refractivity contribution in [2.24, 2.45) is 0 Å². The van der Waals surface area contributed by atoms with E-state index in [1.807, 2.05) is 32.0 Å². The van der Waals surface area contributed by atoms with E-state index in [-0.39, 0.29) is 0 Å². The molecule has 0 bridgehead atoms. The van der Waals surface area contributed by atoms with E-state index >= 15 is 0 Å². The molecule has 1 aromatic carbocycles. The standard InChI is InChI=1S/C14H18N2O/c1-10-13(15)5-4-6-14(10)16(3)9-12-7-8-17-11(12)2/h4-8H,9,15H2,1-3H3. The quantitative estimate of drug-likeness (QED) is 0.824. The highest BCUT2D eigenvalue weighted by molar-refractivity contribution is 5.63. The maximum atomic E-state index is 5.92. The fourth-order valence-corrected chi connectivity index (χ4v) is 1.97. The largest absolute Gasteiger partial charge is 0.469 e. The fraction of sp³-hybridized carbons (Fsp3) is 0.286. The minimum Gasteiger partial charge on any atom is -0.469 e. The van der Waals surface area contributed by atoms with Crippen molar-refractivity contribution >= 4 is 11.4 Å². The van der Waals surface area contributed by atoms with Gasteiger partial charge in [0.05, 0.1) is 6.26 Å². The minimum atomic E-state index is 0.826. The Morgan fingerprint density at radius 1 is 1.24 bits per heavy atom. The van der Waals surface area contributed by atoms with Crippen molar-refractivity contribution in [3.8, 4) is 0 Å². The van der Waals surface area contributed by atoms with Crippen LogP contribution < -0.4 is 10.6 Å². The number of benzene rings is 1. The molecule has 0 radical (unpaired) electrons. The first-order valence-electron chi connectivity index (χ1n) is 5.69. The Kier molecular flexibility index (Phi) is 3.09. The predicted octanol–water partition coefficient (Wildman–Crippen LogP) is 3.12. The number of hydrogen-bond donors (Lipinski definition) is 1. The lowest BCUT2D eigenvalue weighted by Gasteiger charge is -2.22. The van der Waals surface area contributed by atoms with Gasteiger partial charge in [0.2, 0.25) is 0 Å². The van der Waals surface area contributed by atoms with Crippen LogP contribution in [0, 0.1) is 13.8 Å². The maximum absolute atomic E-state index is 5.92. The summed E-state index contributed by atoms with van der Waals surface area (Å²) >= 11 is 0. The first-order valence-corrected chi connectivity index (χ1v) is 5.69. The molecular weight excluding hydrogens is 212 g/mol. The van der Waals surface area contributed by atoms with Crippen molar-refractivity contribution in [2.45, 2.75) is 20.4 Å². The third kappa shape index (κ3) is 2.28. The van der Waals surface area contributed by atoms with E-state index in [4.69, 9.17) is 10.2 Å². The first-order chi connectivity index (χ1) is 8.09. The molecule has 0 fully saturated rings. The highest BCUT2D eigenvalue weighted by atomic mass is 16.3. The van der Waals surface area contributed by atoms with E-state index in [1.165, 1.54) is 5.56 Å². The number of nitrogens with zero attached hydrogens (tertiary/aromatic N) is 1. The van der Waals surface area contributed by atoms with Gasteiger partial charge in [0, 0.05) is 30.5 Å². The lowest BCUT2D eigenvalue weighted by Crippen LogP contribution is -2.18. The molecule has 2 rings (SSSR count). The van der Waals surface area contributed by atoms with E-state index in [9.17, 15) is 0 Å². The molecule has 0 aliphatic carbocycles. The number of nitrogens with two attached hydrogens (primary N) is 1. The van der Waals surface area contributed by atoms with Crippen LogP contribution in [0.1, 0.15) is 16.9 Å². The third-order valence-corrected chi connectivity index (χ3v) is 3.13. The summed E-state index contributed by atoms with van der Waals surface area (Å²) in [5, 5.41) is 0. The molecule has 0 amide bonds. The Morgan fingerprint density at radius 2 is 2.00 bits per heavy atom. The van der Waals surface area contributed by atoms with Crippen LogP contribution in [0.4, 0.5) is 11.4 Å². The van der Waals surface area contributed by atoms with Gasteiger partial charge in [0.1, 0.15) is 5.76 Å². The van der Waals surface area contributed by atoms with Crippen molar-refractivity contribution in [3.63, 3.8) is 0 Å². The van der Waals surface area contributed by atoms with Gasteiger partial charge < -0.3 is 15.1 Å². The Bertz CT molecular complexity index is 517. The van der Waals surface area contributed by atoms with Gasteiger partial charge in [-0.2, -0.15) is 0 Å². The van der Waals surface area contributed by atoms with Crippen LogP contribution in [0.5, 0.6) is 0 Å². The number of furan rings is 1. The first kappa shape index (κ1) is 11.6. The zero-order valence-electron chi connectivity index (χ0n) is 10.5. The van der Waals surface area contributed by atoms with Gasteiger partial charge in [-0.05, 0) is 37.6 Å². The zero-order valence-corrected chi connectivity index (χ0v) is 10.5. The van der Waals surface area contributed by atoms with Crippen molar-refractivity contribution in [2.75, 3.05) is 17.7 Å². The van der Waals surface area contributed by atoms with Gasteiger partial charge in [0.25, 0.3) is 0 Å². The maximum Gasteiger partial charge on any atom is 0.105 e. The predicted molar refractivity (Wildman–Crippen MR) is 71.1 cm³/mol. The average molecular weight is 230 g/mol. The van der Waals surface area contributed by atoms with E-state index < -0.39 is 0 Å². The highest BCUT2D eigenvalue weighted by Gasteiger charge is 2.09. The van der Waals surface area contributed by atoms with Crippen molar-refractivity contribution in [3.05, 3.63) is 47.4 Å². The molecule has 1 aromatic heterocycles. The smallest absolute Gasteiger partial charge is 0.105 e. The molecule has 3 heteroatoms. The normalized spacial score (nSPS) is 10.5. The molecule has 0 aliphatic rings. The van der Waals surface area contributed by atoms with Crippen molar-refractivity contribution in [1.29, 1.82) is 0 Å². The van der Waals surface area contributed by atoms with Gasteiger partial charge in [0.15, 0.2) is 0 Å². The lowest BCUT2D eigenvalue weighted by molar-refractivity contribution is 0.529. The molecule has 2 N–H and O–H groups in total. The van der Waals surface area contributed by atoms with E-state index in [0.717, 1.165) is 29.2 Å². The molecule has 90 valence electrons. The summed E-state index contributed by atoms with van der Waals surface area (Å²) < 4.78 is 5.30. The summed E-state index contributed by atoms with van der Waals surface area (Å²) in [6, 6.07) is 8.00. The van der Waals surface area contributed by atoms with E-state index in [0.29, 0.717) is 0 Å². The number of nitrogen functional groups attached to an aromatic ring is 1. The number of aryl methyl sites for hydroxylation is 1. The highest BCUT2D eigenvalue weighted by Crippen LogP contribution is 2.25. The fourth-order valence-electron chi connectivity index (χ4n) is 1.97. The molecule has 2 aromatic rings. The second kappa shape index (κ2) is 4.53. The number of rotatable bonds is 3. The van der Waals surface area contributed by atoms with Crippen LogP contribution in [0.25, 0.3) is 0 Å². The summed E-state index contributed by atoms with van der Waals surface area (Å²) in [4.78, 5) is 2.18. The molecule has 0 saturated carbocycles. The molecule has 1 heterocycles. The summed E-state index contributed by atoms with van der Waals surface area (Å²) in [5.74, 6) is 0.971. The SMILES string of the molecule is Cc1occc1CN(C)c1cccc(N)c1C. The summed E-state index contributed by atoms with van der Waals surface area (Å²) in [5.41, 5.74) is 10.2. The van der Waals surface area contributed by atoms with Crippen LogP contribution in [-0.4, -0.2) is 7.05 Å². The van der Waals surface area contributed by atoms with Crippen LogP contribution >= 0.6 is 0 Å². The van der Waals surface area contributed by atoms with Crippen LogP contribution in [0.15, 0.2) is 34.9 Å². The monoisotopic (exact) mass is 230 g/mol. The summed E-state index contributed by atoms with van der Waals surface area (Å²) in [7, 11) is 2.06. The van der Waals surface area contributed by atoms with Crippen LogP contribution in [0.2, 0.25) is 0 Å². The second-order valence-corrected chi connectivity index (χ2v) is 4.35. The molecule has 3 nitrogen and oxygen atoms in total. The van der Waals surface area contributed by atoms with E-state index in [1.54, 1.807) is 6.26 Å². The average Bonchev–Trinajstić information content (AvgIpc) is 2.68. The van der Waals surface area contributed by atoms with Gasteiger partial charge in [-0.1, -0.05) is 6.07 Å². The van der Waals surface area contributed by atoms with Crippen molar-refractivity contribution in [1.82, 2.24) is 0 Å².